The monoisotopic (exact) mass is 948 g/mol. The van der Waals surface area contributed by atoms with Crippen molar-refractivity contribution in [2.75, 3.05) is 0 Å². The van der Waals surface area contributed by atoms with Crippen molar-refractivity contribution in [2.45, 2.75) is 178 Å². The van der Waals surface area contributed by atoms with Crippen molar-refractivity contribution in [1.29, 1.82) is 0 Å². The van der Waals surface area contributed by atoms with Crippen molar-refractivity contribution in [2.24, 2.45) is 0 Å². The van der Waals surface area contributed by atoms with Crippen LogP contribution in [0.5, 0.6) is 0 Å². The van der Waals surface area contributed by atoms with Crippen LogP contribution < -0.4 is 20.7 Å². The Kier molecular flexibility index (Phi) is 16.0. The predicted octanol–water partition coefficient (Wildman–Crippen LogP) is 9.79. The van der Waals surface area contributed by atoms with E-state index >= 15 is 0 Å². The van der Waals surface area contributed by atoms with E-state index in [1.807, 2.05) is 6.08 Å². The molecule has 0 aliphatic carbocycles. The van der Waals surface area contributed by atoms with Gasteiger partial charge in [-0.3, -0.25) is 4.79 Å². The fraction of sp³-hybridized carbons (Fsp3) is 0.509. The van der Waals surface area contributed by atoms with Gasteiger partial charge in [0.25, 0.3) is 16.6 Å². The molecular weight excluding hydrogens is 873 g/mol. The topological polar surface area (TPSA) is 92.7 Å². The van der Waals surface area contributed by atoms with Gasteiger partial charge in [0, 0.05) is 12.8 Å². The maximum absolute atomic E-state index is 11.9. The molecule has 66 heavy (non-hydrogen) atoms. The Morgan fingerprint density at radius 2 is 1.08 bits per heavy atom. The molecule has 0 aromatic heterocycles. The van der Waals surface area contributed by atoms with Gasteiger partial charge in [-0.05, 0) is 68.2 Å². The molecule has 0 amide bonds. The first-order valence-corrected chi connectivity index (χ1v) is 31.0. The number of rotatable bonds is 19. The molecule has 1 unspecified atom stereocenters. The highest BCUT2D eigenvalue weighted by molar-refractivity contribution is 7.00. The molecule has 8 nitrogen and oxygen atoms in total. The van der Waals surface area contributed by atoms with Gasteiger partial charge in [0.15, 0.2) is 8.32 Å². The molecule has 0 bridgehead atoms. The summed E-state index contributed by atoms with van der Waals surface area (Å²) >= 11 is 0. The standard InChI is InChI=1S/C55H76O8Si3/c1-11-40(61-64(12-2,13-3)14-4)39-47-50(62-65(54(5,6)7,42-27-19-15-20-28-42)43-29-21-16-22-30-43)51-52(60-47)53(49-46(59-51)37-35-41(58-49)36-38-48(56)57)63-66(55(8,9)10,44-31-23-17-24-32-44)45-33-25-18-26-34-45/h11,15-34,40-41,46-47,49-53H,1,12-14,35-39H2,2-10H3,(H,56,57)/t40?,41-,46+,47-,49+,50+,51+,52-,53+/m1/s1. The van der Waals surface area contributed by atoms with E-state index in [1.165, 1.54) is 10.4 Å². The number of aliphatic carboxylic acids is 1. The molecule has 3 fully saturated rings. The van der Waals surface area contributed by atoms with E-state index in [2.05, 4.69) is 190 Å². The number of carboxylic acids is 1. The lowest BCUT2D eigenvalue weighted by molar-refractivity contribution is -0.255. The Morgan fingerprint density at radius 3 is 1.47 bits per heavy atom. The molecule has 0 radical (unpaired) electrons. The van der Waals surface area contributed by atoms with Gasteiger partial charge in [-0.15, -0.1) is 6.58 Å². The summed E-state index contributed by atoms with van der Waals surface area (Å²) in [6, 6.07) is 46.2. The number of carbonyl (C=O) groups is 1. The second kappa shape index (κ2) is 21.0. The highest BCUT2D eigenvalue weighted by Crippen LogP contribution is 2.48. The number of hydrogen-bond donors (Lipinski definition) is 1. The number of fused-ring (bicyclic) bond motifs is 2. The third kappa shape index (κ3) is 9.98. The minimum Gasteiger partial charge on any atom is -0.481 e. The third-order valence-electron chi connectivity index (χ3n) is 15.0. The summed E-state index contributed by atoms with van der Waals surface area (Å²) in [5.74, 6) is -0.827. The summed E-state index contributed by atoms with van der Waals surface area (Å²) in [7, 11) is -8.48. The number of ether oxygens (including phenoxy) is 3. The summed E-state index contributed by atoms with van der Waals surface area (Å²) in [4.78, 5) is 11.9. The maximum Gasteiger partial charge on any atom is 0.303 e. The molecule has 3 saturated heterocycles. The Balaban J connectivity index is 1.43. The van der Waals surface area contributed by atoms with E-state index in [1.54, 1.807) is 0 Å². The molecule has 4 aromatic carbocycles. The van der Waals surface area contributed by atoms with Crippen LogP contribution in [0.1, 0.15) is 94.4 Å². The Hall–Kier alpha value is -3.50. The summed E-state index contributed by atoms with van der Waals surface area (Å²) in [5, 5.41) is 13.8. The minimum atomic E-state index is -3.22. The zero-order valence-electron chi connectivity index (χ0n) is 41.0. The minimum absolute atomic E-state index is 0.0310. The van der Waals surface area contributed by atoms with Crippen molar-refractivity contribution in [3.63, 3.8) is 0 Å². The van der Waals surface area contributed by atoms with Gasteiger partial charge in [-0.1, -0.05) is 190 Å². The highest BCUT2D eigenvalue weighted by Gasteiger charge is 2.64. The van der Waals surface area contributed by atoms with E-state index in [4.69, 9.17) is 27.5 Å². The first kappa shape index (κ1) is 50.4. The molecule has 9 atom stereocenters. The highest BCUT2D eigenvalue weighted by atomic mass is 28.4. The average Bonchev–Trinajstić information content (AvgIpc) is 3.65. The van der Waals surface area contributed by atoms with Gasteiger partial charge in [-0.2, -0.15) is 0 Å². The molecule has 11 heteroatoms. The normalized spacial score (nSPS) is 25.4. The fourth-order valence-electron chi connectivity index (χ4n) is 11.4. The van der Waals surface area contributed by atoms with Crippen molar-refractivity contribution in [3.8, 4) is 0 Å². The zero-order valence-corrected chi connectivity index (χ0v) is 44.0. The molecule has 3 aliphatic rings. The lowest BCUT2D eigenvalue weighted by atomic mass is 9.87. The molecule has 1 N–H and O–H groups in total. The lowest BCUT2D eigenvalue weighted by Crippen LogP contribution is -2.73. The second-order valence-electron chi connectivity index (χ2n) is 20.9. The van der Waals surface area contributed by atoms with Gasteiger partial charge in [0.05, 0.1) is 24.4 Å². The third-order valence-corrected chi connectivity index (χ3v) is 29.7. The van der Waals surface area contributed by atoms with E-state index in [9.17, 15) is 9.90 Å². The van der Waals surface area contributed by atoms with Crippen molar-refractivity contribution < 1.29 is 37.4 Å². The Labute approximate surface area is 398 Å². The largest absolute Gasteiger partial charge is 0.481 e. The van der Waals surface area contributed by atoms with Crippen LogP contribution in [0.25, 0.3) is 0 Å². The van der Waals surface area contributed by atoms with Crippen molar-refractivity contribution in [1.82, 2.24) is 0 Å². The molecule has 0 spiro atoms. The first-order chi connectivity index (χ1) is 31.6. The smallest absolute Gasteiger partial charge is 0.303 e. The maximum atomic E-state index is 11.9. The van der Waals surface area contributed by atoms with Gasteiger partial charge in [-0.25, -0.2) is 0 Å². The average molecular weight is 949 g/mol. The van der Waals surface area contributed by atoms with Crippen LogP contribution in [0.4, 0.5) is 0 Å². The van der Waals surface area contributed by atoms with Gasteiger partial charge in [0.1, 0.15) is 30.5 Å². The summed E-state index contributed by atoms with van der Waals surface area (Å²) in [6.45, 7) is 25.0. The summed E-state index contributed by atoms with van der Waals surface area (Å²) in [5.41, 5.74) is 0. The molecule has 0 saturated carbocycles. The molecule has 356 valence electrons. The summed E-state index contributed by atoms with van der Waals surface area (Å²) < 4.78 is 45.9. The van der Waals surface area contributed by atoms with Crippen LogP contribution in [-0.2, 0) is 32.3 Å². The van der Waals surface area contributed by atoms with Crippen LogP contribution >= 0.6 is 0 Å². The lowest BCUT2D eigenvalue weighted by Gasteiger charge is -2.53. The zero-order chi connectivity index (χ0) is 47.3. The second-order valence-corrected chi connectivity index (χ2v) is 34.1. The quantitative estimate of drug-likeness (QED) is 0.0735. The molecule has 4 aromatic rings. The Bertz CT molecular complexity index is 2070. The Morgan fingerprint density at radius 1 is 0.652 bits per heavy atom. The fourth-order valence-corrected chi connectivity index (χ4v) is 23.6. The van der Waals surface area contributed by atoms with Crippen LogP contribution in [0.2, 0.25) is 28.2 Å². The van der Waals surface area contributed by atoms with E-state index < -0.39 is 67.5 Å². The van der Waals surface area contributed by atoms with Gasteiger partial charge in [0.2, 0.25) is 0 Å². The van der Waals surface area contributed by atoms with Crippen LogP contribution in [0, 0.1) is 0 Å². The van der Waals surface area contributed by atoms with Crippen LogP contribution in [0.15, 0.2) is 134 Å². The van der Waals surface area contributed by atoms with E-state index in [0.29, 0.717) is 25.7 Å². The van der Waals surface area contributed by atoms with Crippen LogP contribution in [-0.4, -0.2) is 91.0 Å². The molecular formula is C55H76O8Si3. The van der Waals surface area contributed by atoms with Crippen LogP contribution in [0.3, 0.4) is 0 Å². The van der Waals surface area contributed by atoms with Gasteiger partial charge >= 0.3 is 5.97 Å². The van der Waals surface area contributed by atoms with E-state index in [0.717, 1.165) is 28.5 Å². The number of carboxylic acid groups (broad SMARTS) is 1. The SMILES string of the molecule is C=CC(C[C@H]1O[C@H]2[C@@H](O[Si](c3ccccc3)(c3ccccc3)C(C)(C)C)[C@H]3O[C@@H](CCC(=O)O)CC[C@@H]3O[C@H]2[C@H]1O[Si](c1ccccc1)(c1ccccc1)C(C)(C)C)O[Si](CC)(CC)CC. The first-order valence-electron chi connectivity index (χ1n) is 24.6. The van der Waals surface area contributed by atoms with Crippen molar-refractivity contribution >= 4 is 51.7 Å². The van der Waals surface area contributed by atoms with Gasteiger partial charge < -0.3 is 32.6 Å². The van der Waals surface area contributed by atoms with Crippen molar-refractivity contribution in [3.05, 3.63) is 134 Å². The molecule has 3 aliphatic heterocycles. The number of benzene rings is 4. The van der Waals surface area contributed by atoms with E-state index in [-0.39, 0.29) is 34.8 Å². The predicted molar refractivity (Wildman–Crippen MR) is 274 cm³/mol. The molecule has 7 rings (SSSR count). The molecule has 3 heterocycles. The number of hydrogen-bond acceptors (Lipinski definition) is 7. The summed E-state index contributed by atoms with van der Waals surface area (Å²) in [6.07, 6.45) is 0.326.